The monoisotopic (exact) mass is 2040 g/mol. The van der Waals surface area contributed by atoms with E-state index < -0.39 is 315 Å². The van der Waals surface area contributed by atoms with Crippen molar-refractivity contribution in [3.05, 3.63) is 54.1 Å². The molecule has 1 aromatic carbocycles. The van der Waals surface area contributed by atoms with Crippen LogP contribution in [0.25, 0.3) is 0 Å². The van der Waals surface area contributed by atoms with Crippen molar-refractivity contribution >= 4 is 99.6 Å². The van der Waals surface area contributed by atoms with E-state index in [2.05, 4.69) is 73.4 Å². The fourth-order valence-corrected chi connectivity index (χ4v) is 17.8. The van der Waals surface area contributed by atoms with Crippen molar-refractivity contribution in [1.29, 1.82) is 0 Å². The summed E-state index contributed by atoms with van der Waals surface area (Å²) in [7, 11) is 0. The molecule has 0 spiro atoms. The quantitative estimate of drug-likeness (QED) is 0.0295. The number of aromatic amines is 1. The van der Waals surface area contributed by atoms with Crippen molar-refractivity contribution in [3.8, 4) is 0 Å². The molecule has 6 aliphatic rings. The lowest BCUT2D eigenvalue weighted by Gasteiger charge is -2.47. The number of amides is 12. The molecule has 8 rings (SSSR count). The molecular weight excluding hydrogens is 1890 g/mol. The second-order valence-electron chi connectivity index (χ2n) is 37.2. The summed E-state index contributed by atoms with van der Waals surface area (Å²) in [5.41, 5.74) is 54.3. The van der Waals surface area contributed by atoms with Gasteiger partial charge in [0.05, 0.1) is 61.6 Å². The molecule has 0 bridgehead atoms. The average molecular weight is 2040 g/mol. The number of aliphatic carboxylic acids is 2. The number of rotatable bonds is 40. The van der Waals surface area contributed by atoms with Gasteiger partial charge in [0.2, 0.25) is 70.9 Å². The molecule has 0 radical (unpaired) electrons. The van der Waals surface area contributed by atoms with E-state index >= 15 is 0 Å². The van der Waals surface area contributed by atoms with Crippen molar-refractivity contribution in [2.24, 2.45) is 80.3 Å². The highest BCUT2D eigenvalue weighted by molar-refractivity contribution is 8.15. The van der Waals surface area contributed by atoms with E-state index in [0.29, 0.717) is 16.3 Å². The molecule has 800 valence electrons. The van der Waals surface area contributed by atoms with Gasteiger partial charge in [0, 0.05) is 62.9 Å². The topological polar surface area (TPSA) is 884 Å². The smallest absolute Gasteiger partial charge is 0.305 e. The number of nitrogens with one attached hydrogen (secondary N) is 12. The third kappa shape index (κ3) is 34.4. The Balaban J connectivity index is 0.000000537. The number of carboxylic acids is 2. The predicted octanol–water partition coefficient (Wildman–Crippen LogP) is -10.6. The number of hydrogen-bond acceptors (Lipinski definition) is 38. The molecule has 1 aromatic heterocycles. The lowest BCUT2D eigenvalue weighted by molar-refractivity contribution is -0.306. The van der Waals surface area contributed by atoms with Crippen molar-refractivity contribution < 1.29 is 142 Å². The van der Waals surface area contributed by atoms with Crippen LogP contribution in [0.3, 0.4) is 0 Å². The van der Waals surface area contributed by atoms with E-state index in [0.717, 1.165) is 6.42 Å². The summed E-state index contributed by atoms with van der Waals surface area (Å²) in [6.45, 7) is 13.3. The SMILES string of the molecule is CCC(C)[C@H](N)C1=NCC(C(=O)N[C@@H](CC(C)C)C(=O)N[C@H](CCC(=O)O)C(=O)N[C@H](C(=O)N[C@H]2CCCCNC(=O)[C@H](CC(N)=O)NC(=O)[C@@H](CC(=O)O)NC(=O)[C@H](Cc3cnc[nH]3)NC(=O)[C@@H](Cc3ccccc3)NC(=O)[C@H](C(C)CC)NC(=O)[C@@H](CCCN)NC2=O)C(C)CC)S1.NC[C@@H]1O[C@H](O[C@H]2[C@@H](O)[C@H](O[C@@H]3[C@@H](O)[C@H](N)C[C@H](N)[C@H]3O[C@H]3O[C@H](CN)[C@@H](O)[C@H](O)[C@H]3N)O[C@@H]2CO)[C@H](N)[C@@H](O)[C@@H]1O. The van der Waals surface area contributed by atoms with Gasteiger partial charge in [-0.15, -0.1) is 0 Å². The van der Waals surface area contributed by atoms with Gasteiger partial charge >= 0.3 is 11.9 Å². The Bertz CT molecular complexity index is 4470. The fourth-order valence-electron chi connectivity index (χ4n) is 16.6. The molecule has 4 unspecified atom stereocenters. The largest absolute Gasteiger partial charge is 0.481 e. The molecule has 1 aliphatic carbocycles. The Morgan fingerprint density at radius 2 is 1.13 bits per heavy atom. The Morgan fingerprint density at radius 1 is 0.577 bits per heavy atom. The molecule has 34 atom stereocenters. The van der Waals surface area contributed by atoms with Crippen LogP contribution < -0.4 is 110 Å². The minimum Gasteiger partial charge on any atom is -0.481 e. The van der Waals surface area contributed by atoms with Crippen molar-refractivity contribution in [3.63, 3.8) is 0 Å². The Kier molecular flexibility index (Phi) is 48.5. The van der Waals surface area contributed by atoms with Crippen LogP contribution in [0.5, 0.6) is 0 Å². The van der Waals surface area contributed by atoms with Crippen LogP contribution in [-0.2, 0) is 108 Å². The highest BCUT2D eigenvalue weighted by atomic mass is 32.2. The van der Waals surface area contributed by atoms with E-state index in [4.69, 9.17) is 80.0 Å². The number of hydrogen-bond donors (Lipinski definition) is 30. The van der Waals surface area contributed by atoms with E-state index in [1.165, 1.54) is 24.3 Å². The Labute approximate surface area is 825 Å². The number of carbonyl (C=O) groups is 14. The van der Waals surface area contributed by atoms with Gasteiger partial charge in [0.25, 0.3) is 0 Å². The summed E-state index contributed by atoms with van der Waals surface area (Å²) >= 11 is 1.20. The maximum absolute atomic E-state index is 14.9. The zero-order valence-electron chi connectivity index (χ0n) is 81.0. The molecule has 39 N–H and O–H groups in total. The molecule has 1 saturated carbocycles. The number of benzene rings is 1. The van der Waals surface area contributed by atoms with Gasteiger partial charge in [0.15, 0.2) is 18.9 Å². The van der Waals surface area contributed by atoms with Crippen molar-refractivity contribution in [2.75, 3.05) is 39.3 Å². The molecule has 2 aromatic rings. The van der Waals surface area contributed by atoms with Crippen molar-refractivity contribution in [1.82, 2.24) is 68.5 Å². The zero-order chi connectivity index (χ0) is 105. The Morgan fingerprint density at radius 3 is 1.69 bits per heavy atom. The predicted molar refractivity (Wildman–Crippen MR) is 508 cm³/mol. The lowest BCUT2D eigenvalue weighted by Crippen LogP contribution is -2.68. The first-order chi connectivity index (χ1) is 67.2. The average Bonchev–Trinajstić information content (AvgIpc) is 1.60. The number of primary amides is 1. The number of thioether (sulfide) groups is 1. The van der Waals surface area contributed by atoms with E-state index in [1.54, 1.807) is 58.0 Å². The number of nitrogens with two attached hydrogens (primary N) is 9. The molecular formula is C89H149N23O29S. The molecule has 53 heteroatoms. The van der Waals surface area contributed by atoms with Gasteiger partial charge in [-0.25, -0.2) is 4.98 Å². The number of aromatic nitrogens is 2. The molecule has 12 amide bonds. The number of aliphatic hydroxyl groups is 7. The van der Waals surface area contributed by atoms with Gasteiger partial charge in [-0.05, 0) is 87.1 Å². The third-order valence-electron chi connectivity index (χ3n) is 25.8. The Hall–Kier alpha value is -9.81. The molecule has 5 aliphatic heterocycles. The highest BCUT2D eigenvalue weighted by Gasteiger charge is 2.56. The van der Waals surface area contributed by atoms with Crippen LogP contribution in [0.1, 0.15) is 157 Å². The van der Waals surface area contributed by atoms with Gasteiger partial charge in [-0.3, -0.25) is 72.1 Å². The number of H-pyrrole nitrogens is 1. The van der Waals surface area contributed by atoms with Crippen LogP contribution in [0, 0.1) is 23.7 Å². The first-order valence-electron chi connectivity index (χ1n) is 48.0. The molecule has 142 heavy (non-hydrogen) atoms. The molecule has 6 heterocycles. The molecule has 4 saturated heterocycles. The van der Waals surface area contributed by atoms with Crippen LogP contribution in [-0.4, -0.2) is 371 Å². The van der Waals surface area contributed by atoms with E-state index in [-0.39, 0.29) is 115 Å². The minimum atomic E-state index is -1.94. The normalized spacial score (nSPS) is 32.2. The zero-order valence-corrected chi connectivity index (χ0v) is 81.8. The van der Waals surface area contributed by atoms with Crippen LogP contribution in [0.15, 0.2) is 47.8 Å². The van der Waals surface area contributed by atoms with Crippen LogP contribution in [0.4, 0.5) is 0 Å². The minimum absolute atomic E-state index is 0.00169. The van der Waals surface area contributed by atoms with Gasteiger partial charge < -0.3 is 189 Å². The number of aliphatic hydroxyl groups excluding tert-OH is 7. The standard InChI is InChI=1S/C66H103N17O16S.C23H46N6O13/c1-9-35(6)52(69)66-72-32-48(100-66)63(97)80-43(26-34(4)5)59(93)75-42(22-23-50(85)86)58(92)83-53(36(7)10-2)64(98)76-40-20-15-16-25-71-55(89)46(29-49(68)84)78-62(96)47(30-51(87)88)79-61(95)45(28-39-31-70-33-73-39)77-60(94)44(27-38-18-13-12-14-19-38)81-65(99)54(37(8)11-3)82-57(91)41(21-17-24-67)74-56(40)90;24-2-7-13(32)15(34)10(28)21(37-7)40-18-6(27)1-5(26)12(31)20(18)42-23-17(36)19(9(4-30)39-23)41-22-11(29)16(35)14(33)8(3-25)38-22/h12-14,18-19,31,33-37,40-48,52-54H,9-11,15-17,20-30,32,67,69H2,1-8H3,(H2,68,84)(H,70,73)(H,71,89)(H,74,90)(H,75,93)(H,76,98)(H,77,94)(H,78,96)(H,79,95)(H,80,97)(H,81,99)(H,82,91)(H,83,92)(H,85,86)(H,87,88);5-23,30-36H,1-4,24-29H2/t35?,36?,37?,40-,41+,42+,43-,44+,45-,46-,47+,48?,52-,53-,54-;5-,6+,7-,8+,9-,10-,11-,12+,13-,14-,15-,16-,17-,18-,19-,20-,21-,22-,23+/m01/s1. The van der Waals surface area contributed by atoms with Crippen molar-refractivity contribution in [2.45, 2.75) is 346 Å². The second-order valence-corrected chi connectivity index (χ2v) is 38.4. The number of ether oxygens (including phenoxy) is 6. The summed E-state index contributed by atoms with van der Waals surface area (Å²) in [6.07, 6.45) is -19.4. The van der Waals surface area contributed by atoms with Gasteiger partial charge in [-0.2, -0.15) is 0 Å². The third-order valence-corrected chi connectivity index (χ3v) is 27.1. The molecule has 5 fully saturated rings. The number of imidazole rings is 1. The van der Waals surface area contributed by atoms with Gasteiger partial charge in [-0.1, -0.05) is 117 Å². The molecule has 52 nitrogen and oxygen atoms in total. The van der Waals surface area contributed by atoms with Crippen LogP contribution in [0.2, 0.25) is 0 Å². The summed E-state index contributed by atoms with van der Waals surface area (Å²) < 4.78 is 34.6. The second kappa shape index (κ2) is 57.8. The van der Waals surface area contributed by atoms with Crippen LogP contribution >= 0.6 is 11.8 Å². The number of carbonyl (C=O) groups excluding carboxylic acids is 12. The van der Waals surface area contributed by atoms with E-state index in [1.807, 2.05) is 27.7 Å². The first kappa shape index (κ1) is 119. The lowest BCUT2D eigenvalue weighted by atomic mass is 9.84. The number of carboxylic acid groups (broad SMARTS) is 2. The maximum atomic E-state index is 14.9. The number of aliphatic imine (C=N–C) groups is 1. The highest BCUT2D eigenvalue weighted by Crippen LogP contribution is 2.36. The summed E-state index contributed by atoms with van der Waals surface area (Å²) in [6, 6.07) is -11.6. The summed E-state index contributed by atoms with van der Waals surface area (Å²) in [5, 5.41) is 121. The summed E-state index contributed by atoms with van der Waals surface area (Å²) in [5.74, 6) is -15.6. The number of nitrogens with zero attached hydrogens (tertiary/aromatic N) is 2. The maximum Gasteiger partial charge on any atom is 0.305 e. The fraction of sp³-hybridized carbons (Fsp3) is 0.730. The van der Waals surface area contributed by atoms with E-state index in [9.17, 15) is 113 Å². The summed E-state index contributed by atoms with van der Waals surface area (Å²) in [4.78, 5) is 207. The van der Waals surface area contributed by atoms with Gasteiger partial charge in [0.1, 0.15) is 133 Å². The first-order valence-corrected chi connectivity index (χ1v) is 48.9.